The van der Waals surface area contributed by atoms with Crippen LogP contribution in [0.1, 0.15) is 48.5 Å². The highest BCUT2D eigenvalue weighted by molar-refractivity contribution is 5.27. The van der Waals surface area contributed by atoms with Crippen molar-refractivity contribution in [1.29, 1.82) is 0 Å². The minimum Gasteiger partial charge on any atom is -0.0617 e. The maximum Gasteiger partial charge on any atom is -0.0182 e. The number of rotatable bonds is 1. The van der Waals surface area contributed by atoms with E-state index >= 15 is 0 Å². The molecule has 0 aromatic heterocycles. The molecule has 4 unspecified atom stereocenters. The Bertz CT molecular complexity index is 243. The fraction of sp³-hybridized carbons (Fsp3) is 1.00. The molecule has 0 aromatic carbocycles. The summed E-state index contributed by atoms with van der Waals surface area (Å²) in [4.78, 5) is 0. The molecule has 2 saturated carbocycles. The summed E-state index contributed by atoms with van der Waals surface area (Å²) in [6.45, 7) is 17.2. The van der Waals surface area contributed by atoms with Gasteiger partial charge in [0.05, 0.1) is 0 Å². The quantitative estimate of drug-likeness (QED) is 0.573. The van der Waals surface area contributed by atoms with Crippen molar-refractivity contribution in [2.24, 2.45) is 34.0 Å². The topological polar surface area (TPSA) is 0 Å². The van der Waals surface area contributed by atoms with Crippen molar-refractivity contribution in [3.63, 3.8) is 0 Å². The molecule has 0 heteroatoms. The first-order chi connectivity index (χ1) is 5.72. The summed E-state index contributed by atoms with van der Waals surface area (Å²) in [5.41, 5.74) is 1.79. The van der Waals surface area contributed by atoms with Crippen molar-refractivity contribution in [3.8, 4) is 0 Å². The highest BCUT2D eigenvalue weighted by Crippen LogP contribution is 2.85. The van der Waals surface area contributed by atoms with E-state index in [0.29, 0.717) is 16.2 Å². The van der Waals surface area contributed by atoms with E-state index in [0.717, 1.165) is 17.8 Å². The Balaban J connectivity index is 2.31. The van der Waals surface area contributed by atoms with Crippen LogP contribution in [0.25, 0.3) is 0 Å². The fourth-order valence-electron chi connectivity index (χ4n) is 4.36. The predicted molar refractivity (Wildman–Crippen MR) is 57.5 cm³/mol. The molecule has 0 saturated heterocycles. The van der Waals surface area contributed by atoms with E-state index in [9.17, 15) is 0 Å². The molecule has 0 radical (unpaired) electrons. The van der Waals surface area contributed by atoms with E-state index in [4.69, 9.17) is 0 Å². The lowest BCUT2D eigenvalue weighted by molar-refractivity contribution is 0.227. The lowest BCUT2D eigenvalue weighted by atomic mass is 9.79. The summed E-state index contributed by atoms with van der Waals surface area (Å²) < 4.78 is 0. The van der Waals surface area contributed by atoms with Crippen LogP contribution in [0.3, 0.4) is 0 Å². The summed E-state index contributed by atoms with van der Waals surface area (Å²) >= 11 is 0. The zero-order valence-electron chi connectivity index (χ0n) is 10.2. The van der Waals surface area contributed by atoms with Gasteiger partial charge in [0.1, 0.15) is 0 Å². The summed E-state index contributed by atoms with van der Waals surface area (Å²) in [6.07, 6.45) is 0. The molecular weight excluding hydrogens is 156 g/mol. The molecule has 0 amide bonds. The summed E-state index contributed by atoms with van der Waals surface area (Å²) in [5, 5.41) is 0. The van der Waals surface area contributed by atoms with Gasteiger partial charge in [-0.25, -0.2) is 0 Å². The van der Waals surface area contributed by atoms with Crippen molar-refractivity contribution in [1.82, 2.24) is 0 Å². The number of hydrogen-bond donors (Lipinski definition) is 0. The third-order valence-corrected chi connectivity index (χ3v) is 6.86. The standard InChI is InChI=1S/C13H24/c1-8-9(2)12(8,6)13(7)10(3)11(13,4)5/h8-10H,1-7H3. The molecule has 0 heterocycles. The Kier molecular flexibility index (Phi) is 1.46. The van der Waals surface area contributed by atoms with E-state index in [2.05, 4.69) is 48.5 Å². The summed E-state index contributed by atoms with van der Waals surface area (Å²) in [6, 6.07) is 0. The van der Waals surface area contributed by atoms with Crippen LogP contribution in [0.15, 0.2) is 0 Å². The molecule has 0 aliphatic heterocycles. The van der Waals surface area contributed by atoms with Crippen molar-refractivity contribution in [2.75, 3.05) is 0 Å². The van der Waals surface area contributed by atoms with Gasteiger partial charge >= 0.3 is 0 Å². The first kappa shape index (κ1) is 9.55. The summed E-state index contributed by atoms with van der Waals surface area (Å²) in [7, 11) is 0. The molecule has 0 spiro atoms. The third kappa shape index (κ3) is 0.680. The van der Waals surface area contributed by atoms with Gasteiger partial charge in [-0.15, -0.1) is 0 Å². The SMILES string of the molecule is CC1C(C)C1(C)C1(C)C(C)C1(C)C. The minimum atomic E-state index is 0.570. The highest BCUT2D eigenvalue weighted by atomic mass is 14.8. The van der Waals surface area contributed by atoms with Crippen molar-refractivity contribution in [3.05, 3.63) is 0 Å². The van der Waals surface area contributed by atoms with Gasteiger partial charge < -0.3 is 0 Å². The van der Waals surface area contributed by atoms with Crippen LogP contribution in [-0.4, -0.2) is 0 Å². The Morgan fingerprint density at radius 1 is 0.769 bits per heavy atom. The Morgan fingerprint density at radius 2 is 1.08 bits per heavy atom. The largest absolute Gasteiger partial charge is 0.0617 e. The molecule has 4 atom stereocenters. The molecular formula is C13H24. The maximum absolute atomic E-state index is 2.51. The van der Waals surface area contributed by atoms with Crippen molar-refractivity contribution < 1.29 is 0 Å². The van der Waals surface area contributed by atoms with Crippen LogP contribution in [0.5, 0.6) is 0 Å². The smallest absolute Gasteiger partial charge is 0.0182 e. The molecule has 2 aliphatic carbocycles. The lowest BCUT2D eigenvalue weighted by Crippen LogP contribution is -2.19. The zero-order valence-corrected chi connectivity index (χ0v) is 10.2. The molecule has 13 heavy (non-hydrogen) atoms. The van der Waals surface area contributed by atoms with Gasteiger partial charge in [-0.3, -0.25) is 0 Å². The Morgan fingerprint density at radius 3 is 1.15 bits per heavy atom. The first-order valence-corrected chi connectivity index (χ1v) is 5.72. The molecule has 0 bridgehead atoms. The van der Waals surface area contributed by atoms with Gasteiger partial charge in [0.2, 0.25) is 0 Å². The van der Waals surface area contributed by atoms with Crippen molar-refractivity contribution >= 4 is 0 Å². The molecule has 2 fully saturated rings. The average Bonchev–Trinajstić information content (AvgIpc) is 2.69. The maximum atomic E-state index is 2.51. The van der Waals surface area contributed by atoms with Gasteiger partial charge in [-0.1, -0.05) is 48.5 Å². The first-order valence-electron chi connectivity index (χ1n) is 5.72. The van der Waals surface area contributed by atoms with Gasteiger partial charge in [0.25, 0.3) is 0 Å². The molecule has 0 N–H and O–H groups in total. The Hall–Kier alpha value is 0. The fourth-order valence-corrected chi connectivity index (χ4v) is 4.36. The number of hydrogen-bond acceptors (Lipinski definition) is 0. The normalized spacial score (nSPS) is 63.5. The Labute approximate surface area is 83.1 Å². The molecule has 76 valence electrons. The van der Waals surface area contributed by atoms with Crippen LogP contribution in [0.4, 0.5) is 0 Å². The van der Waals surface area contributed by atoms with Crippen molar-refractivity contribution in [2.45, 2.75) is 48.5 Å². The molecule has 0 aromatic rings. The van der Waals surface area contributed by atoms with E-state index in [1.807, 2.05) is 0 Å². The van der Waals surface area contributed by atoms with Gasteiger partial charge in [-0.05, 0) is 34.0 Å². The second-order valence-electron chi connectivity index (χ2n) is 6.51. The van der Waals surface area contributed by atoms with E-state index < -0.39 is 0 Å². The monoisotopic (exact) mass is 180 g/mol. The molecule has 2 rings (SSSR count). The van der Waals surface area contributed by atoms with Crippen LogP contribution in [0.2, 0.25) is 0 Å². The van der Waals surface area contributed by atoms with E-state index in [1.165, 1.54) is 0 Å². The third-order valence-electron chi connectivity index (χ3n) is 6.86. The second kappa shape index (κ2) is 1.99. The van der Waals surface area contributed by atoms with E-state index in [-0.39, 0.29) is 0 Å². The average molecular weight is 180 g/mol. The van der Waals surface area contributed by atoms with Gasteiger partial charge in [0, 0.05) is 0 Å². The highest BCUT2D eigenvalue weighted by Gasteiger charge is 2.80. The molecule has 0 nitrogen and oxygen atoms in total. The van der Waals surface area contributed by atoms with E-state index in [1.54, 1.807) is 0 Å². The molecule has 2 aliphatic rings. The lowest BCUT2D eigenvalue weighted by Gasteiger charge is -2.25. The van der Waals surface area contributed by atoms with Crippen LogP contribution in [-0.2, 0) is 0 Å². The second-order valence-corrected chi connectivity index (χ2v) is 6.51. The predicted octanol–water partition coefficient (Wildman–Crippen LogP) is 3.96. The minimum absolute atomic E-state index is 0.570. The zero-order chi connectivity index (χ0) is 10.2. The van der Waals surface area contributed by atoms with Crippen LogP contribution >= 0.6 is 0 Å². The van der Waals surface area contributed by atoms with Gasteiger partial charge in [0.15, 0.2) is 0 Å². The van der Waals surface area contributed by atoms with Gasteiger partial charge in [-0.2, -0.15) is 0 Å². The summed E-state index contributed by atoms with van der Waals surface area (Å²) in [5.74, 6) is 2.76. The van der Waals surface area contributed by atoms with Crippen LogP contribution in [0, 0.1) is 34.0 Å². The van der Waals surface area contributed by atoms with Crippen LogP contribution < -0.4 is 0 Å².